The highest BCUT2D eigenvalue weighted by atomic mass is 32.1. The van der Waals surface area contributed by atoms with E-state index in [0.29, 0.717) is 24.3 Å². The molecule has 1 aromatic rings. The number of hydrogen-bond acceptors (Lipinski definition) is 3. The molecule has 0 radical (unpaired) electrons. The van der Waals surface area contributed by atoms with Gasteiger partial charge >= 0.3 is 0 Å². The van der Waals surface area contributed by atoms with Crippen LogP contribution in [-0.2, 0) is 0 Å². The lowest BCUT2D eigenvalue weighted by atomic mass is 9.98. The molecule has 0 bridgehead atoms. The molecule has 84 valence electrons. The fourth-order valence-corrected chi connectivity index (χ4v) is 1.88. The fourth-order valence-electron chi connectivity index (χ4n) is 1.24. The predicted molar refractivity (Wildman–Crippen MR) is 62.2 cm³/mol. The van der Waals surface area contributed by atoms with E-state index in [2.05, 4.69) is 5.32 Å². The summed E-state index contributed by atoms with van der Waals surface area (Å²) in [6.45, 7) is 4.15. The van der Waals surface area contributed by atoms with Gasteiger partial charge < -0.3 is 10.4 Å². The van der Waals surface area contributed by atoms with Crippen molar-refractivity contribution >= 4 is 17.2 Å². The number of carbonyl (C=O) groups is 1. The van der Waals surface area contributed by atoms with Crippen LogP contribution in [0.1, 0.15) is 36.4 Å². The van der Waals surface area contributed by atoms with Crippen molar-refractivity contribution in [2.45, 2.75) is 32.3 Å². The minimum atomic E-state index is -0.771. The number of rotatable bonds is 5. The van der Waals surface area contributed by atoms with Crippen LogP contribution in [0.25, 0.3) is 0 Å². The maximum atomic E-state index is 11.6. The molecule has 0 atom stereocenters. The molecule has 0 saturated carbocycles. The summed E-state index contributed by atoms with van der Waals surface area (Å²) in [4.78, 5) is 12.3. The first kappa shape index (κ1) is 12.2. The molecule has 0 spiro atoms. The number of aliphatic hydroxyl groups is 1. The lowest BCUT2D eigenvalue weighted by Crippen LogP contribution is -2.41. The van der Waals surface area contributed by atoms with Gasteiger partial charge in [0.2, 0.25) is 0 Å². The van der Waals surface area contributed by atoms with Crippen molar-refractivity contribution in [1.82, 2.24) is 5.32 Å². The van der Waals surface area contributed by atoms with Crippen LogP contribution in [0.2, 0.25) is 0 Å². The summed E-state index contributed by atoms with van der Waals surface area (Å²) in [5.41, 5.74) is -0.771. The van der Waals surface area contributed by atoms with E-state index in [1.54, 1.807) is 6.07 Å². The minimum absolute atomic E-state index is 0.106. The Morgan fingerprint density at radius 2 is 2.20 bits per heavy atom. The topological polar surface area (TPSA) is 49.3 Å². The fraction of sp³-hybridized carbons (Fsp3) is 0.545. The van der Waals surface area contributed by atoms with Crippen LogP contribution in [-0.4, -0.2) is 23.2 Å². The zero-order valence-electron chi connectivity index (χ0n) is 9.12. The van der Waals surface area contributed by atoms with Crippen LogP contribution in [0.3, 0.4) is 0 Å². The van der Waals surface area contributed by atoms with E-state index < -0.39 is 5.60 Å². The molecule has 0 aliphatic heterocycles. The molecule has 1 rings (SSSR count). The summed E-state index contributed by atoms with van der Waals surface area (Å²) < 4.78 is 0. The van der Waals surface area contributed by atoms with Gasteiger partial charge in [-0.05, 0) is 24.3 Å². The zero-order chi connectivity index (χ0) is 11.3. The van der Waals surface area contributed by atoms with E-state index in [1.165, 1.54) is 11.3 Å². The van der Waals surface area contributed by atoms with Gasteiger partial charge in [0, 0.05) is 6.54 Å². The molecule has 15 heavy (non-hydrogen) atoms. The summed E-state index contributed by atoms with van der Waals surface area (Å²) in [7, 11) is 0. The van der Waals surface area contributed by atoms with Crippen molar-refractivity contribution in [3.8, 4) is 0 Å². The molecule has 0 aliphatic carbocycles. The molecule has 0 fully saturated rings. The minimum Gasteiger partial charge on any atom is -0.388 e. The quantitative estimate of drug-likeness (QED) is 0.808. The van der Waals surface area contributed by atoms with Crippen LogP contribution in [0.15, 0.2) is 17.5 Å². The van der Waals surface area contributed by atoms with E-state index >= 15 is 0 Å². The first-order valence-corrected chi connectivity index (χ1v) is 6.03. The largest absolute Gasteiger partial charge is 0.388 e. The second-order valence-electron chi connectivity index (χ2n) is 3.59. The average Bonchev–Trinajstić information content (AvgIpc) is 2.79. The normalized spacial score (nSPS) is 11.4. The van der Waals surface area contributed by atoms with Crippen molar-refractivity contribution in [2.24, 2.45) is 0 Å². The van der Waals surface area contributed by atoms with Crippen molar-refractivity contribution < 1.29 is 9.90 Å². The molecule has 0 aliphatic rings. The molecule has 0 saturated heterocycles. The number of carbonyl (C=O) groups excluding carboxylic acids is 1. The summed E-state index contributed by atoms with van der Waals surface area (Å²) in [6, 6.07) is 3.61. The Balaban J connectivity index is 2.47. The molecule has 1 heterocycles. The van der Waals surface area contributed by atoms with E-state index in [-0.39, 0.29) is 5.91 Å². The summed E-state index contributed by atoms with van der Waals surface area (Å²) in [5, 5.41) is 14.6. The summed E-state index contributed by atoms with van der Waals surface area (Å²) >= 11 is 1.40. The maximum absolute atomic E-state index is 11.6. The SMILES string of the molecule is CCC(O)(CC)CNC(=O)c1cccs1. The highest BCUT2D eigenvalue weighted by molar-refractivity contribution is 7.12. The molecule has 3 nitrogen and oxygen atoms in total. The van der Waals surface area contributed by atoms with Crippen molar-refractivity contribution in [2.75, 3.05) is 6.54 Å². The van der Waals surface area contributed by atoms with E-state index in [1.807, 2.05) is 25.3 Å². The molecular weight excluding hydrogens is 210 g/mol. The number of nitrogens with one attached hydrogen (secondary N) is 1. The molecule has 0 aromatic carbocycles. The third kappa shape index (κ3) is 3.32. The third-order valence-electron chi connectivity index (χ3n) is 2.64. The van der Waals surface area contributed by atoms with Crippen molar-refractivity contribution in [3.63, 3.8) is 0 Å². The average molecular weight is 227 g/mol. The Morgan fingerprint density at radius 1 is 1.53 bits per heavy atom. The Labute approximate surface area is 94.1 Å². The first-order chi connectivity index (χ1) is 7.11. The van der Waals surface area contributed by atoms with Gasteiger partial charge in [-0.25, -0.2) is 0 Å². The van der Waals surface area contributed by atoms with Gasteiger partial charge in [0.1, 0.15) is 0 Å². The van der Waals surface area contributed by atoms with Crippen molar-refractivity contribution in [3.05, 3.63) is 22.4 Å². The van der Waals surface area contributed by atoms with Crippen LogP contribution >= 0.6 is 11.3 Å². The zero-order valence-corrected chi connectivity index (χ0v) is 9.93. The van der Waals surface area contributed by atoms with Crippen LogP contribution in [0, 0.1) is 0 Å². The molecule has 2 N–H and O–H groups in total. The third-order valence-corrected chi connectivity index (χ3v) is 3.51. The van der Waals surface area contributed by atoms with Gasteiger partial charge in [-0.15, -0.1) is 11.3 Å². The van der Waals surface area contributed by atoms with Gasteiger partial charge in [0.15, 0.2) is 0 Å². The van der Waals surface area contributed by atoms with E-state index in [4.69, 9.17) is 0 Å². The second kappa shape index (κ2) is 5.28. The van der Waals surface area contributed by atoms with Crippen LogP contribution in [0.5, 0.6) is 0 Å². The van der Waals surface area contributed by atoms with Crippen molar-refractivity contribution in [1.29, 1.82) is 0 Å². The Bertz CT molecular complexity index is 304. The Morgan fingerprint density at radius 3 is 2.67 bits per heavy atom. The lowest BCUT2D eigenvalue weighted by Gasteiger charge is -2.25. The number of thiophene rings is 1. The van der Waals surface area contributed by atoms with Gasteiger partial charge in [-0.1, -0.05) is 19.9 Å². The highest BCUT2D eigenvalue weighted by Gasteiger charge is 2.22. The second-order valence-corrected chi connectivity index (χ2v) is 4.54. The van der Waals surface area contributed by atoms with Crippen LogP contribution in [0.4, 0.5) is 0 Å². The maximum Gasteiger partial charge on any atom is 0.261 e. The number of amides is 1. The smallest absolute Gasteiger partial charge is 0.261 e. The van der Waals surface area contributed by atoms with Crippen LogP contribution < -0.4 is 5.32 Å². The van der Waals surface area contributed by atoms with Gasteiger partial charge in [-0.3, -0.25) is 4.79 Å². The molecule has 4 heteroatoms. The molecule has 1 amide bonds. The van der Waals surface area contributed by atoms with E-state index in [9.17, 15) is 9.90 Å². The Kier molecular flexibility index (Phi) is 4.29. The Hall–Kier alpha value is -0.870. The standard InChI is InChI=1S/C11H17NO2S/c1-3-11(14,4-2)8-12-10(13)9-6-5-7-15-9/h5-7,14H,3-4,8H2,1-2H3,(H,12,13). The predicted octanol–water partition coefficient (Wildman–Crippen LogP) is 2.03. The lowest BCUT2D eigenvalue weighted by molar-refractivity contribution is 0.0314. The van der Waals surface area contributed by atoms with Gasteiger partial charge in [0.25, 0.3) is 5.91 Å². The molecule has 1 aromatic heterocycles. The monoisotopic (exact) mass is 227 g/mol. The van der Waals surface area contributed by atoms with Gasteiger partial charge in [0.05, 0.1) is 10.5 Å². The highest BCUT2D eigenvalue weighted by Crippen LogP contribution is 2.14. The van der Waals surface area contributed by atoms with Gasteiger partial charge in [-0.2, -0.15) is 0 Å². The number of hydrogen-bond donors (Lipinski definition) is 2. The molecular formula is C11H17NO2S. The molecule has 0 unspecified atom stereocenters. The van der Waals surface area contributed by atoms with E-state index in [0.717, 1.165) is 0 Å². The first-order valence-electron chi connectivity index (χ1n) is 5.15. The summed E-state index contributed by atoms with van der Waals surface area (Å²) in [5.74, 6) is -0.106. The summed E-state index contributed by atoms with van der Waals surface area (Å²) in [6.07, 6.45) is 1.29.